The Morgan fingerprint density at radius 1 is 1.12 bits per heavy atom. The van der Waals surface area contributed by atoms with E-state index in [0.29, 0.717) is 12.4 Å². The average molecular weight is 387 g/mol. The Labute approximate surface area is 156 Å². The van der Waals surface area contributed by atoms with E-state index in [1.54, 1.807) is 44.9 Å². The number of aromatic nitrogens is 3. The van der Waals surface area contributed by atoms with E-state index in [2.05, 4.69) is 21.5 Å². The summed E-state index contributed by atoms with van der Waals surface area (Å²) >= 11 is 4.89. The maximum Gasteiger partial charge on any atom is 0.231 e. The van der Waals surface area contributed by atoms with Gasteiger partial charge in [-0.25, -0.2) is 9.67 Å². The largest absolute Gasteiger partial charge is 0.311 e. The fourth-order valence-electron chi connectivity index (χ4n) is 2.37. The van der Waals surface area contributed by atoms with Gasteiger partial charge in [0.1, 0.15) is 10.8 Å². The Kier molecular flexibility index (Phi) is 4.73. The highest BCUT2D eigenvalue weighted by Gasteiger charge is 2.12. The minimum Gasteiger partial charge on any atom is -0.311 e. The molecule has 0 aliphatic heterocycles. The van der Waals surface area contributed by atoms with Crippen molar-refractivity contribution in [2.45, 2.75) is 13.0 Å². The molecule has 0 spiro atoms. The van der Waals surface area contributed by atoms with Crippen LogP contribution in [0.4, 0.5) is 5.82 Å². The molecule has 0 aromatic carbocycles. The van der Waals surface area contributed by atoms with Crippen LogP contribution in [0.1, 0.15) is 10.6 Å². The lowest BCUT2D eigenvalue weighted by Crippen LogP contribution is -2.18. The van der Waals surface area contributed by atoms with Crippen molar-refractivity contribution in [1.82, 2.24) is 14.8 Å². The number of carbonyl (C=O) groups excluding carboxylic acids is 1. The number of hydrogen-bond donors (Lipinski definition) is 1. The molecule has 8 heteroatoms. The first-order valence-corrected chi connectivity index (χ1v) is 10.2. The Morgan fingerprint density at radius 3 is 2.80 bits per heavy atom. The van der Waals surface area contributed by atoms with Crippen LogP contribution in [0.5, 0.6) is 0 Å². The molecule has 4 rings (SSSR count). The molecule has 0 atom stereocenters. The number of nitrogens with zero attached hydrogens (tertiary/aromatic N) is 3. The summed E-state index contributed by atoms with van der Waals surface area (Å²) < 4.78 is 1.79. The van der Waals surface area contributed by atoms with E-state index in [4.69, 9.17) is 0 Å². The van der Waals surface area contributed by atoms with Gasteiger partial charge in [0, 0.05) is 16.3 Å². The van der Waals surface area contributed by atoms with Crippen LogP contribution in [-0.2, 0) is 17.8 Å². The van der Waals surface area contributed by atoms with Gasteiger partial charge in [0.25, 0.3) is 0 Å². The lowest BCUT2D eigenvalue weighted by Gasteiger charge is -2.07. The summed E-state index contributed by atoms with van der Waals surface area (Å²) in [5, 5.41) is 14.2. The van der Waals surface area contributed by atoms with E-state index < -0.39 is 0 Å². The van der Waals surface area contributed by atoms with Crippen molar-refractivity contribution in [1.29, 1.82) is 0 Å². The van der Waals surface area contributed by atoms with Gasteiger partial charge in [-0.15, -0.1) is 34.0 Å². The summed E-state index contributed by atoms with van der Waals surface area (Å²) in [7, 11) is 0. The predicted octanol–water partition coefficient (Wildman–Crippen LogP) is 4.36. The maximum absolute atomic E-state index is 12.3. The number of nitrogens with one attached hydrogen (secondary N) is 1. The molecule has 4 aromatic rings. The molecule has 0 fully saturated rings. The van der Waals surface area contributed by atoms with Crippen molar-refractivity contribution in [2.24, 2.45) is 0 Å². The maximum atomic E-state index is 12.3. The Balaban J connectivity index is 1.40. The second kappa shape index (κ2) is 7.30. The van der Waals surface area contributed by atoms with Crippen molar-refractivity contribution in [3.8, 4) is 9.88 Å². The average Bonchev–Trinajstić information content (AvgIpc) is 3.36. The van der Waals surface area contributed by atoms with Gasteiger partial charge in [0.2, 0.25) is 5.91 Å². The highest BCUT2D eigenvalue weighted by atomic mass is 32.1. The molecule has 0 saturated carbocycles. The van der Waals surface area contributed by atoms with Gasteiger partial charge >= 0.3 is 0 Å². The zero-order valence-corrected chi connectivity index (χ0v) is 15.5. The Morgan fingerprint density at radius 2 is 2.00 bits per heavy atom. The van der Waals surface area contributed by atoms with Crippen molar-refractivity contribution < 1.29 is 4.79 Å². The Hall–Kier alpha value is -2.29. The van der Waals surface area contributed by atoms with Crippen LogP contribution in [-0.4, -0.2) is 20.7 Å². The summed E-state index contributed by atoms with van der Waals surface area (Å²) in [5.41, 5.74) is 0.787. The zero-order chi connectivity index (χ0) is 17.1. The molecule has 25 heavy (non-hydrogen) atoms. The highest BCUT2D eigenvalue weighted by molar-refractivity contribution is 7.20. The third kappa shape index (κ3) is 3.87. The number of anilines is 1. The summed E-state index contributed by atoms with van der Waals surface area (Å²) in [6.07, 6.45) is 1.95. The fraction of sp³-hybridized carbons (Fsp3) is 0.118. The molecule has 1 amide bonds. The Bertz CT molecular complexity index is 954. The van der Waals surface area contributed by atoms with Crippen molar-refractivity contribution in [3.05, 3.63) is 63.2 Å². The molecule has 126 valence electrons. The minimum absolute atomic E-state index is 0.0871. The monoisotopic (exact) mass is 386 g/mol. The van der Waals surface area contributed by atoms with E-state index in [1.165, 1.54) is 4.88 Å². The van der Waals surface area contributed by atoms with E-state index in [9.17, 15) is 4.79 Å². The van der Waals surface area contributed by atoms with E-state index in [0.717, 1.165) is 15.6 Å². The predicted molar refractivity (Wildman–Crippen MR) is 103 cm³/mol. The topological polar surface area (TPSA) is 59.8 Å². The van der Waals surface area contributed by atoms with Gasteiger partial charge in [-0.3, -0.25) is 4.79 Å². The molecular formula is C17H14N4OS3. The summed E-state index contributed by atoms with van der Waals surface area (Å²) in [5.74, 6) is 0.614. The standard InChI is InChI=1S/C17H14N4OS3/c22-16(9-12-11-25-17(19-12)14-4-2-8-24-14)20-15-5-6-18-21(15)10-13-3-1-7-23-13/h1-8,11H,9-10H2,(H,20,22). The van der Waals surface area contributed by atoms with Crippen molar-refractivity contribution in [3.63, 3.8) is 0 Å². The number of rotatable bonds is 6. The number of carbonyl (C=O) groups is 1. The zero-order valence-electron chi connectivity index (χ0n) is 13.1. The van der Waals surface area contributed by atoms with Crippen LogP contribution in [0.25, 0.3) is 9.88 Å². The van der Waals surface area contributed by atoms with Crippen molar-refractivity contribution in [2.75, 3.05) is 5.32 Å². The van der Waals surface area contributed by atoms with E-state index in [-0.39, 0.29) is 12.3 Å². The van der Waals surface area contributed by atoms with Crippen LogP contribution in [0.15, 0.2) is 52.7 Å². The molecular weight excluding hydrogens is 372 g/mol. The highest BCUT2D eigenvalue weighted by Crippen LogP contribution is 2.28. The molecule has 0 unspecified atom stereocenters. The molecule has 4 heterocycles. The van der Waals surface area contributed by atoms with E-state index >= 15 is 0 Å². The first-order valence-electron chi connectivity index (χ1n) is 7.60. The molecule has 0 aliphatic carbocycles. The number of thiophene rings is 2. The number of hydrogen-bond acceptors (Lipinski definition) is 6. The summed E-state index contributed by atoms with van der Waals surface area (Å²) in [6.45, 7) is 0.652. The molecule has 0 saturated heterocycles. The van der Waals surface area contributed by atoms with Crippen LogP contribution in [0, 0.1) is 0 Å². The van der Waals surface area contributed by atoms with Gasteiger partial charge in [0.05, 0.1) is 29.7 Å². The normalized spacial score (nSPS) is 10.9. The molecule has 4 aromatic heterocycles. The third-order valence-corrected chi connectivity index (χ3v) is 6.29. The number of thiazole rings is 1. The smallest absolute Gasteiger partial charge is 0.231 e. The number of amides is 1. The minimum atomic E-state index is -0.0871. The van der Waals surface area contributed by atoms with Crippen LogP contribution < -0.4 is 5.32 Å². The van der Waals surface area contributed by atoms with Gasteiger partial charge in [-0.2, -0.15) is 5.10 Å². The molecule has 0 radical (unpaired) electrons. The van der Waals surface area contributed by atoms with Gasteiger partial charge < -0.3 is 5.32 Å². The summed E-state index contributed by atoms with van der Waals surface area (Å²) in [4.78, 5) is 19.2. The van der Waals surface area contributed by atoms with Crippen LogP contribution in [0.2, 0.25) is 0 Å². The lowest BCUT2D eigenvalue weighted by molar-refractivity contribution is -0.115. The second-order valence-electron chi connectivity index (χ2n) is 5.30. The van der Waals surface area contributed by atoms with Gasteiger partial charge in [-0.1, -0.05) is 12.1 Å². The van der Waals surface area contributed by atoms with E-state index in [1.807, 2.05) is 40.4 Å². The lowest BCUT2D eigenvalue weighted by atomic mass is 10.3. The molecule has 5 nitrogen and oxygen atoms in total. The quantitative estimate of drug-likeness (QED) is 0.536. The first kappa shape index (κ1) is 16.2. The van der Waals surface area contributed by atoms with Crippen LogP contribution >= 0.6 is 34.0 Å². The third-order valence-electron chi connectivity index (χ3n) is 3.50. The fourth-order valence-corrected chi connectivity index (χ4v) is 4.69. The second-order valence-corrected chi connectivity index (χ2v) is 8.14. The van der Waals surface area contributed by atoms with Gasteiger partial charge in [0.15, 0.2) is 0 Å². The SMILES string of the molecule is O=C(Cc1csc(-c2cccs2)n1)Nc1ccnn1Cc1cccs1. The van der Waals surface area contributed by atoms with Crippen LogP contribution in [0.3, 0.4) is 0 Å². The van der Waals surface area contributed by atoms with Gasteiger partial charge in [-0.05, 0) is 22.9 Å². The molecule has 0 bridgehead atoms. The first-order chi connectivity index (χ1) is 12.3. The molecule has 0 aliphatic rings. The molecule has 1 N–H and O–H groups in total. The van der Waals surface area contributed by atoms with Crippen molar-refractivity contribution >= 4 is 45.7 Å². The summed E-state index contributed by atoms with van der Waals surface area (Å²) in [6, 6.07) is 9.91.